The molecule has 1 aliphatic rings. The Morgan fingerprint density at radius 1 is 1.29 bits per heavy atom. The van der Waals surface area contributed by atoms with Crippen LogP contribution in [-0.2, 0) is 4.74 Å². The van der Waals surface area contributed by atoms with Crippen LogP contribution in [0.15, 0.2) is 0 Å². The van der Waals surface area contributed by atoms with E-state index in [1.165, 1.54) is 6.42 Å². The summed E-state index contributed by atoms with van der Waals surface area (Å²) in [7, 11) is 0. The van der Waals surface area contributed by atoms with Gasteiger partial charge < -0.3 is 9.84 Å². The van der Waals surface area contributed by atoms with Crippen molar-refractivity contribution in [3.05, 3.63) is 0 Å². The molecule has 1 aliphatic carbocycles. The highest BCUT2D eigenvalue weighted by atomic mass is 16.6. The first-order valence-electron chi connectivity index (χ1n) is 6.25. The highest BCUT2D eigenvalue weighted by Crippen LogP contribution is 2.26. The highest BCUT2D eigenvalue weighted by molar-refractivity contribution is 5.66. The van der Waals surface area contributed by atoms with Crippen molar-refractivity contribution in [3.8, 4) is 0 Å². The van der Waals surface area contributed by atoms with Crippen LogP contribution >= 0.6 is 0 Å². The average molecular weight is 244 g/mol. The number of ether oxygens (including phenoxy) is 1. The third-order valence-corrected chi connectivity index (χ3v) is 2.79. The molecule has 1 saturated carbocycles. The molecule has 0 aromatic heterocycles. The number of carbonyl (C=O) groups is 1. The molecule has 0 saturated heterocycles. The third-order valence-electron chi connectivity index (χ3n) is 2.79. The first kappa shape index (κ1) is 14.3. The van der Waals surface area contributed by atoms with Crippen molar-refractivity contribution in [3.63, 3.8) is 0 Å². The van der Waals surface area contributed by atoms with E-state index in [9.17, 15) is 9.90 Å². The zero-order valence-corrected chi connectivity index (χ0v) is 11.0. The Labute approximate surface area is 103 Å². The molecule has 0 bridgehead atoms. The van der Waals surface area contributed by atoms with E-state index in [1.807, 2.05) is 0 Å². The fourth-order valence-electron chi connectivity index (χ4n) is 1.97. The molecule has 5 heteroatoms. The fraction of sp³-hybridized carbons (Fsp3) is 0.917. The Morgan fingerprint density at radius 3 is 2.41 bits per heavy atom. The minimum atomic E-state index is -0.687. The summed E-state index contributed by atoms with van der Waals surface area (Å²) >= 11 is 0. The molecule has 0 radical (unpaired) electrons. The Kier molecular flexibility index (Phi) is 4.77. The maximum absolute atomic E-state index is 11.3. The number of amides is 1. The third kappa shape index (κ3) is 5.89. The summed E-state index contributed by atoms with van der Waals surface area (Å²) in [5.74, 6) is 0. The second-order valence-electron chi connectivity index (χ2n) is 5.77. The number of hydrogen-bond donors (Lipinski definition) is 3. The van der Waals surface area contributed by atoms with Gasteiger partial charge in [-0.2, -0.15) is 0 Å². The van der Waals surface area contributed by atoms with E-state index >= 15 is 0 Å². The monoisotopic (exact) mass is 244 g/mol. The number of rotatable bonds is 3. The topological polar surface area (TPSA) is 70.6 Å². The van der Waals surface area contributed by atoms with Gasteiger partial charge in [0.15, 0.2) is 0 Å². The number of nitrogens with one attached hydrogen (secondary N) is 2. The first-order chi connectivity index (χ1) is 7.81. The van der Waals surface area contributed by atoms with Crippen molar-refractivity contribution >= 4 is 6.09 Å². The van der Waals surface area contributed by atoms with Gasteiger partial charge in [0.1, 0.15) is 5.60 Å². The number of carbonyl (C=O) groups excluding carboxylic acids is 1. The van der Waals surface area contributed by atoms with Gasteiger partial charge >= 0.3 is 6.09 Å². The minimum Gasteiger partial charge on any atom is -0.443 e. The van der Waals surface area contributed by atoms with Crippen molar-refractivity contribution in [1.29, 1.82) is 0 Å². The molecule has 0 aromatic rings. The van der Waals surface area contributed by atoms with Crippen LogP contribution < -0.4 is 10.9 Å². The molecule has 0 aromatic carbocycles. The van der Waals surface area contributed by atoms with E-state index in [4.69, 9.17) is 4.74 Å². The molecule has 0 atom stereocenters. The normalized spacial score (nSPS) is 19.8. The summed E-state index contributed by atoms with van der Waals surface area (Å²) in [6.07, 6.45) is 4.33. The van der Waals surface area contributed by atoms with Crippen LogP contribution in [0.1, 0.15) is 52.9 Å². The lowest BCUT2D eigenvalue weighted by Crippen LogP contribution is -2.49. The maximum Gasteiger partial charge on any atom is 0.422 e. The van der Waals surface area contributed by atoms with Gasteiger partial charge in [0.05, 0.1) is 5.60 Å². The van der Waals surface area contributed by atoms with Crippen LogP contribution in [0.2, 0.25) is 0 Å². The summed E-state index contributed by atoms with van der Waals surface area (Å²) in [6, 6.07) is 0. The summed E-state index contributed by atoms with van der Waals surface area (Å²) in [5, 5.41) is 10.2. The van der Waals surface area contributed by atoms with Crippen LogP contribution in [0.5, 0.6) is 0 Å². The Morgan fingerprint density at radius 2 is 1.88 bits per heavy atom. The molecule has 1 rings (SSSR count). The van der Waals surface area contributed by atoms with Gasteiger partial charge in [-0.1, -0.05) is 19.3 Å². The average Bonchev–Trinajstić information content (AvgIpc) is 2.15. The summed E-state index contributed by atoms with van der Waals surface area (Å²) in [5.41, 5.74) is 3.99. The van der Waals surface area contributed by atoms with Crippen molar-refractivity contribution < 1.29 is 14.6 Å². The van der Waals surface area contributed by atoms with Crippen LogP contribution in [0.4, 0.5) is 4.79 Å². The highest BCUT2D eigenvalue weighted by Gasteiger charge is 2.29. The second kappa shape index (κ2) is 5.69. The molecule has 5 nitrogen and oxygen atoms in total. The zero-order valence-electron chi connectivity index (χ0n) is 11.0. The standard InChI is InChI=1S/C12H24N2O3/c1-11(2,3)17-10(15)14-13-9-12(16)7-5-4-6-8-12/h13,16H,4-9H2,1-3H3,(H,14,15). The van der Waals surface area contributed by atoms with Gasteiger partial charge in [-0.05, 0) is 33.6 Å². The number of hydrogen-bond acceptors (Lipinski definition) is 4. The smallest absolute Gasteiger partial charge is 0.422 e. The molecule has 3 N–H and O–H groups in total. The Hall–Kier alpha value is -0.810. The second-order valence-corrected chi connectivity index (χ2v) is 5.77. The summed E-state index contributed by atoms with van der Waals surface area (Å²) in [4.78, 5) is 11.3. The maximum atomic E-state index is 11.3. The lowest BCUT2D eigenvalue weighted by molar-refractivity contribution is -0.000111. The van der Waals surface area contributed by atoms with Crippen LogP contribution in [0.25, 0.3) is 0 Å². The number of aliphatic hydroxyl groups is 1. The molecule has 0 unspecified atom stereocenters. The molecule has 0 heterocycles. The number of hydrazine groups is 1. The molecular formula is C12H24N2O3. The van der Waals surface area contributed by atoms with Crippen LogP contribution in [0.3, 0.4) is 0 Å². The lowest BCUT2D eigenvalue weighted by Gasteiger charge is -2.32. The van der Waals surface area contributed by atoms with E-state index in [-0.39, 0.29) is 0 Å². The van der Waals surface area contributed by atoms with E-state index in [1.54, 1.807) is 20.8 Å². The molecule has 1 amide bonds. The molecule has 1 fully saturated rings. The zero-order chi connectivity index (χ0) is 12.9. The Bertz CT molecular complexity index is 255. The van der Waals surface area contributed by atoms with Gasteiger partial charge in [-0.3, -0.25) is 5.43 Å². The fourth-order valence-corrected chi connectivity index (χ4v) is 1.97. The van der Waals surface area contributed by atoms with Gasteiger partial charge in [-0.25, -0.2) is 10.2 Å². The lowest BCUT2D eigenvalue weighted by atomic mass is 9.85. The van der Waals surface area contributed by atoms with E-state index in [0.717, 1.165) is 25.7 Å². The Balaban J connectivity index is 2.20. The van der Waals surface area contributed by atoms with Crippen LogP contribution in [0, 0.1) is 0 Å². The molecular weight excluding hydrogens is 220 g/mol. The van der Waals surface area contributed by atoms with E-state index in [0.29, 0.717) is 6.54 Å². The predicted octanol–water partition coefficient (Wildman–Crippen LogP) is 1.71. The van der Waals surface area contributed by atoms with Crippen molar-refractivity contribution in [1.82, 2.24) is 10.9 Å². The van der Waals surface area contributed by atoms with Crippen molar-refractivity contribution in [2.45, 2.75) is 64.1 Å². The molecule has 0 aliphatic heterocycles. The molecule has 0 spiro atoms. The molecule has 17 heavy (non-hydrogen) atoms. The quantitative estimate of drug-likeness (QED) is 0.661. The van der Waals surface area contributed by atoms with Gasteiger partial charge in [-0.15, -0.1) is 0 Å². The van der Waals surface area contributed by atoms with E-state index in [2.05, 4.69) is 10.9 Å². The van der Waals surface area contributed by atoms with Crippen LogP contribution in [-0.4, -0.2) is 28.9 Å². The summed E-state index contributed by atoms with van der Waals surface area (Å²) < 4.78 is 5.07. The minimum absolute atomic E-state index is 0.367. The van der Waals surface area contributed by atoms with Gasteiger partial charge in [0, 0.05) is 6.54 Å². The largest absolute Gasteiger partial charge is 0.443 e. The van der Waals surface area contributed by atoms with Crippen molar-refractivity contribution in [2.75, 3.05) is 6.54 Å². The van der Waals surface area contributed by atoms with Crippen molar-refractivity contribution in [2.24, 2.45) is 0 Å². The molecule has 100 valence electrons. The van der Waals surface area contributed by atoms with E-state index < -0.39 is 17.3 Å². The van der Waals surface area contributed by atoms with Gasteiger partial charge in [0.25, 0.3) is 0 Å². The van der Waals surface area contributed by atoms with Gasteiger partial charge in [0.2, 0.25) is 0 Å². The summed E-state index contributed by atoms with van der Waals surface area (Å²) in [6.45, 7) is 5.79. The predicted molar refractivity (Wildman–Crippen MR) is 65.4 cm³/mol. The first-order valence-corrected chi connectivity index (χ1v) is 6.25. The SMILES string of the molecule is CC(C)(C)OC(=O)NNCC1(O)CCCCC1.